The average molecular weight is 305 g/mol. The van der Waals surface area contributed by atoms with E-state index in [-0.39, 0.29) is 0 Å². The molecule has 70 valence electrons. The molecule has 0 aliphatic carbocycles. The van der Waals surface area contributed by atoms with Crippen LogP contribution in [0.2, 0.25) is 0 Å². The largest absolute Gasteiger partial charge is 0.388 e. The van der Waals surface area contributed by atoms with E-state index in [1.807, 2.05) is 19.2 Å². The van der Waals surface area contributed by atoms with E-state index >= 15 is 0 Å². The van der Waals surface area contributed by atoms with Crippen LogP contribution < -0.4 is 5.32 Å². The molecule has 0 fully saturated rings. The van der Waals surface area contributed by atoms with Gasteiger partial charge in [0.2, 0.25) is 0 Å². The Labute approximate surface area is 95.5 Å². The topological polar surface area (TPSA) is 12.0 Å². The highest BCUT2D eigenvalue weighted by atomic mass is 79.9. The average Bonchev–Trinajstić information content (AvgIpc) is 2.16. The summed E-state index contributed by atoms with van der Waals surface area (Å²) in [5.41, 5.74) is 3.31. The number of hydrogen-bond acceptors (Lipinski definition) is 1. The minimum Gasteiger partial charge on any atom is -0.388 e. The number of hydrogen-bond donors (Lipinski definition) is 1. The van der Waals surface area contributed by atoms with E-state index in [0.717, 1.165) is 21.1 Å². The molecule has 0 amide bonds. The van der Waals surface area contributed by atoms with Crippen LogP contribution in [0.1, 0.15) is 11.1 Å². The first-order valence-corrected chi connectivity index (χ1v) is 5.82. The Balaban J connectivity index is 3.20. The normalized spacial score (nSPS) is 9.77. The number of halogens is 2. The van der Waals surface area contributed by atoms with E-state index in [1.54, 1.807) is 0 Å². The quantitative estimate of drug-likeness (QED) is 0.842. The Morgan fingerprint density at radius 3 is 2.77 bits per heavy atom. The summed E-state index contributed by atoms with van der Waals surface area (Å²) in [6.07, 6.45) is 0. The molecule has 1 nitrogen and oxygen atoms in total. The molecule has 1 rings (SSSR count). The van der Waals surface area contributed by atoms with Gasteiger partial charge >= 0.3 is 0 Å². The van der Waals surface area contributed by atoms with Gasteiger partial charge in [-0.2, -0.15) is 0 Å². The van der Waals surface area contributed by atoms with Crippen molar-refractivity contribution in [3.63, 3.8) is 0 Å². The van der Waals surface area contributed by atoms with Crippen LogP contribution in [0.3, 0.4) is 0 Å². The first-order valence-electron chi connectivity index (χ1n) is 3.91. The molecule has 0 bridgehead atoms. The van der Waals surface area contributed by atoms with Crippen molar-refractivity contribution in [2.24, 2.45) is 0 Å². The van der Waals surface area contributed by atoms with Gasteiger partial charge in [0.1, 0.15) is 0 Å². The van der Waals surface area contributed by atoms with E-state index in [1.165, 1.54) is 5.56 Å². The Kier molecular flexibility index (Phi) is 4.00. The van der Waals surface area contributed by atoms with Crippen LogP contribution in [0, 0.1) is 0 Å². The lowest BCUT2D eigenvalue weighted by Crippen LogP contribution is -2.05. The lowest BCUT2D eigenvalue weighted by Gasteiger charge is -2.11. The number of alkyl halides is 1. The summed E-state index contributed by atoms with van der Waals surface area (Å²) in [6.45, 7) is 3.94. The number of rotatable bonds is 3. The third kappa shape index (κ3) is 2.35. The standard InChI is InChI=1S/C10H11Br2N/c1-7(13-2)8-4-3-5-10(12)9(8)6-11/h3-5,13H,1,6H2,2H3. The smallest absolute Gasteiger partial charge is 0.0341 e. The van der Waals surface area contributed by atoms with E-state index in [9.17, 15) is 0 Å². The van der Waals surface area contributed by atoms with Gasteiger partial charge in [0.15, 0.2) is 0 Å². The zero-order valence-electron chi connectivity index (χ0n) is 7.40. The molecule has 1 aromatic rings. The molecular formula is C10H11Br2N. The number of nitrogens with one attached hydrogen (secondary N) is 1. The maximum absolute atomic E-state index is 3.94. The van der Waals surface area contributed by atoms with Crippen molar-refractivity contribution in [2.75, 3.05) is 7.05 Å². The van der Waals surface area contributed by atoms with Gasteiger partial charge in [-0.25, -0.2) is 0 Å². The summed E-state index contributed by atoms with van der Waals surface area (Å²) >= 11 is 6.96. The van der Waals surface area contributed by atoms with Crippen molar-refractivity contribution in [3.05, 3.63) is 40.4 Å². The molecule has 1 aromatic carbocycles. The minimum atomic E-state index is 0.824. The van der Waals surface area contributed by atoms with Crippen LogP contribution in [0.5, 0.6) is 0 Å². The van der Waals surface area contributed by atoms with Crippen molar-refractivity contribution in [1.82, 2.24) is 5.32 Å². The first kappa shape index (κ1) is 10.8. The van der Waals surface area contributed by atoms with Gasteiger partial charge in [-0.3, -0.25) is 0 Å². The molecular weight excluding hydrogens is 294 g/mol. The summed E-state index contributed by atoms with van der Waals surface area (Å²) in [6, 6.07) is 6.09. The Morgan fingerprint density at radius 2 is 2.23 bits per heavy atom. The monoisotopic (exact) mass is 303 g/mol. The summed E-state index contributed by atoms with van der Waals surface area (Å²) < 4.78 is 1.11. The fraction of sp³-hybridized carbons (Fsp3) is 0.200. The van der Waals surface area contributed by atoms with Gasteiger partial charge in [0, 0.05) is 28.1 Å². The fourth-order valence-electron chi connectivity index (χ4n) is 1.11. The zero-order chi connectivity index (χ0) is 9.84. The van der Waals surface area contributed by atoms with Crippen molar-refractivity contribution in [2.45, 2.75) is 5.33 Å². The lowest BCUT2D eigenvalue weighted by atomic mass is 10.1. The van der Waals surface area contributed by atoms with Crippen LogP contribution >= 0.6 is 31.9 Å². The first-order chi connectivity index (χ1) is 6.20. The molecule has 0 saturated heterocycles. The van der Waals surface area contributed by atoms with Gasteiger partial charge in [-0.05, 0) is 11.6 Å². The van der Waals surface area contributed by atoms with E-state index in [2.05, 4.69) is 49.8 Å². The predicted molar refractivity (Wildman–Crippen MR) is 64.9 cm³/mol. The number of benzene rings is 1. The van der Waals surface area contributed by atoms with Crippen molar-refractivity contribution >= 4 is 37.6 Å². The summed E-state index contributed by atoms with van der Waals surface area (Å²) in [5, 5.41) is 3.87. The Bertz CT molecular complexity index is 321. The third-order valence-electron chi connectivity index (χ3n) is 1.88. The highest BCUT2D eigenvalue weighted by Crippen LogP contribution is 2.26. The van der Waals surface area contributed by atoms with Gasteiger partial charge < -0.3 is 5.32 Å². The SMILES string of the molecule is C=C(NC)c1cccc(Br)c1CBr. The fourth-order valence-corrected chi connectivity index (χ4v) is 2.60. The van der Waals surface area contributed by atoms with Crippen molar-refractivity contribution in [1.29, 1.82) is 0 Å². The Hall–Kier alpha value is -0.280. The van der Waals surface area contributed by atoms with Crippen LogP contribution in [0.15, 0.2) is 29.3 Å². The zero-order valence-corrected chi connectivity index (χ0v) is 10.6. The predicted octanol–water partition coefficient (Wildman–Crippen LogP) is 3.53. The van der Waals surface area contributed by atoms with E-state index in [4.69, 9.17) is 0 Å². The van der Waals surface area contributed by atoms with Gasteiger partial charge in [0.05, 0.1) is 0 Å². The van der Waals surface area contributed by atoms with E-state index in [0.29, 0.717) is 0 Å². The highest BCUT2D eigenvalue weighted by Gasteiger charge is 2.06. The molecule has 3 heteroatoms. The molecule has 0 heterocycles. The molecule has 13 heavy (non-hydrogen) atoms. The molecule has 1 N–H and O–H groups in total. The Morgan fingerprint density at radius 1 is 1.54 bits per heavy atom. The van der Waals surface area contributed by atoms with E-state index < -0.39 is 0 Å². The van der Waals surface area contributed by atoms with Crippen LogP contribution in [-0.2, 0) is 5.33 Å². The second-order valence-corrected chi connectivity index (χ2v) is 4.04. The third-order valence-corrected chi connectivity index (χ3v) is 3.18. The highest BCUT2D eigenvalue weighted by molar-refractivity contribution is 9.10. The van der Waals surface area contributed by atoms with Crippen molar-refractivity contribution < 1.29 is 0 Å². The second kappa shape index (κ2) is 4.82. The van der Waals surface area contributed by atoms with Crippen LogP contribution in [-0.4, -0.2) is 7.05 Å². The molecule has 0 unspecified atom stereocenters. The summed E-state index contributed by atoms with van der Waals surface area (Å²) in [5.74, 6) is 0. The van der Waals surface area contributed by atoms with Gasteiger partial charge in [0.25, 0.3) is 0 Å². The van der Waals surface area contributed by atoms with Crippen LogP contribution in [0.4, 0.5) is 0 Å². The lowest BCUT2D eigenvalue weighted by molar-refractivity contribution is 1.12. The van der Waals surface area contributed by atoms with Gasteiger partial charge in [-0.15, -0.1) is 0 Å². The van der Waals surface area contributed by atoms with Crippen LogP contribution in [0.25, 0.3) is 5.70 Å². The summed E-state index contributed by atoms with van der Waals surface area (Å²) in [7, 11) is 1.88. The van der Waals surface area contributed by atoms with Crippen molar-refractivity contribution in [3.8, 4) is 0 Å². The molecule has 0 aliphatic rings. The molecule has 0 aromatic heterocycles. The summed E-state index contributed by atoms with van der Waals surface area (Å²) in [4.78, 5) is 0. The maximum Gasteiger partial charge on any atom is 0.0341 e. The van der Waals surface area contributed by atoms with Gasteiger partial charge in [-0.1, -0.05) is 50.6 Å². The molecule has 0 aliphatic heterocycles. The second-order valence-electron chi connectivity index (χ2n) is 2.63. The minimum absolute atomic E-state index is 0.824. The molecule has 0 atom stereocenters. The molecule has 0 saturated carbocycles. The molecule has 0 spiro atoms. The molecule has 0 radical (unpaired) electrons. The maximum atomic E-state index is 3.94.